The maximum Gasteiger partial charge on any atom is 0.155 e. The molecule has 1 aliphatic heterocycles. The van der Waals surface area contributed by atoms with Crippen LogP contribution in [0.1, 0.15) is 17.3 Å². The molecule has 1 N–H and O–H groups in total. The van der Waals surface area contributed by atoms with Crippen molar-refractivity contribution in [1.82, 2.24) is 29.5 Å². The largest absolute Gasteiger partial charge is 0.507 e. The molecule has 0 bridgehead atoms. The summed E-state index contributed by atoms with van der Waals surface area (Å²) in [6, 6.07) is 17.6. The van der Waals surface area contributed by atoms with Crippen LogP contribution in [0.15, 0.2) is 73.2 Å². The third kappa shape index (κ3) is 3.60. The number of likely N-dealkylation sites (tertiary alicyclic amines) is 1. The number of rotatable bonds is 4. The average molecular weight is 449 g/mol. The fourth-order valence-electron chi connectivity index (χ4n) is 4.62. The van der Waals surface area contributed by atoms with Crippen LogP contribution in [0.5, 0.6) is 5.75 Å². The number of phenolic OH excluding ortho intramolecular Hbond substituents is 1. The van der Waals surface area contributed by atoms with Gasteiger partial charge < -0.3 is 14.4 Å². The number of hydrogen-bond acceptors (Lipinski definition) is 6. The molecule has 7 heteroatoms. The molecule has 0 radical (unpaired) electrons. The van der Waals surface area contributed by atoms with E-state index in [-0.39, 0.29) is 5.75 Å². The van der Waals surface area contributed by atoms with Crippen LogP contribution >= 0.6 is 0 Å². The number of benzene rings is 2. The van der Waals surface area contributed by atoms with Gasteiger partial charge >= 0.3 is 0 Å². The molecule has 0 unspecified atom stereocenters. The van der Waals surface area contributed by atoms with E-state index in [0.29, 0.717) is 5.92 Å². The monoisotopic (exact) mass is 448 g/mol. The number of aromatic nitrogens is 5. The van der Waals surface area contributed by atoms with Crippen molar-refractivity contribution in [3.05, 3.63) is 84.6 Å². The molecular weight excluding hydrogens is 424 g/mol. The number of aromatic hydroxyl groups is 1. The maximum atomic E-state index is 10.7. The summed E-state index contributed by atoms with van der Waals surface area (Å²) in [6.45, 7) is 3.99. The van der Waals surface area contributed by atoms with Crippen LogP contribution in [0.2, 0.25) is 0 Å². The first-order chi connectivity index (χ1) is 16.5. The minimum Gasteiger partial charge on any atom is -0.507 e. The van der Waals surface area contributed by atoms with Crippen molar-refractivity contribution < 1.29 is 5.11 Å². The molecular formula is C27H24N6O. The molecule has 34 heavy (non-hydrogen) atoms. The molecule has 3 aromatic heterocycles. The van der Waals surface area contributed by atoms with E-state index in [9.17, 15) is 5.11 Å². The Bertz CT molecular complexity index is 1500. The van der Waals surface area contributed by atoms with Crippen molar-refractivity contribution in [3.8, 4) is 39.4 Å². The lowest BCUT2D eigenvalue weighted by Crippen LogP contribution is -2.42. The van der Waals surface area contributed by atoms with Crippen molar-refractivity contribution in [2.24, 2.45) is 0 Å². The summed E-state index contributed by atoms with van der Waals surface area (Å²) in [4.78, 5) is 11.4. The fourth-order valence-corrected chi connectivity index (χ4v) is 4.62. The standard InChI is InChI=1S/C27H24N6O/c1-17-13-33-16-25(28-12-27(33)29-17)18-7-8-20(22(11-18)21-5-3-4-6-26(21)34)24-10-9-23(30-31-24)19-14-32(2)15-19/h3-13,16,19,34H,14-15H2,1-2H3. The summed E-state index contributed by atoms with van der Waals surface area (Å²) in [6.07, 6.45) is 5.73. The van der Waals surface area contributed by atoms with Gasteiger partial charge in [-0.15, -0.1) is 0 Å². The van der Waals surface area contributed by atoms with E-state index < -0.39 is 0 Å². The predicted octanol–water partition coefficient (Wildman–Crippen LogP) is 4.56. The van der Waals surface area contributed by atoms with E-state index in [2.05, 4.69) is 44.2 Å². The molecule has 6 rings (SSSR count). The summed E-state index contributed by atoms with van der Waals surface area (Å²) < 4.78 is 1.98. The minimum atomic E-state index is 0.219. The molecule has 0 amide bonds. The SMILES string of the molecule is Cc1cn2cc(-c3ccc(-c4ccc(C5CN(C)C5)nn4)c(-c4ccccc4O)c3)ncc2n1. The molecule has 0 aliphatic carbocycles. The van der Waals surface area contributed by atoms with E-state index in [1.54, 1.807) is 12.3 Å². The van der Waals surface area contributed by atoms with Crippen molar-refractivity contribution in [3.63, 3.8) is 0 Å². The Hall–Kier alpha value is -4.10. The third-order valence-corrected chi connectivity index (χ3v) is 6.41. The second-order valence-corrected chi connectivity index (χ2v) is 8.96. The second kappa shape index (κ2) is 8.04. The lowest BCUT2D eigenvalue weighted by Gasteiger charge is -2.35. The van der Waals surface area contributed by atoms with E-state index >= 15 is 0 Å². The smallest absolute Gasteiger partial charge is 0.155 e. The van der Waals surface area contributed by atoms with Crippen LogP contribution in [0.3, 0.4) is 0 Å². The lowest BCUT2D eigenvalue weighted by molar-refractivity contribution is 0.186. The number of fused-ring (bicyclic) bond motifs is 1. The number of hydrogen-bond donors (Lipinski definition) is 1. The quantitative estimate of drug-likeness (QED) is 0.434. The molecule has 2 aromatic carbocycles. The predicted molar refractivity (Wildman–Crippen MR) is 132 cm³/mol. The highest BCUT2D eigenvalue weighted by Gasteiger charge is 2.26. The molecule has 7 nitrogen and oxygen atoms in total. The number of likely N-dealkylation sites (N-methyl/N-ethyl adjacent to an activating group) is 1. The van der Waals surface area contributed by atoms with E-state index in [1.165, 1.54) is 0 Å². The van der Waals surface area contributed by atoms with Crippen molar-refractivity contribution in [1.29, 1.82) is 0 Å². The molecule has 4 heterocycles. The first-order valence-electron chi connectivity index (χ1n) is 11.3. The van der Waals surface area contributed by atoms with Crippen LogP contribution in [0, 0.1) is 6.92 Å². The number of para-hydroxylation sites is 1. The van der Waals surface area contributed by atoms with Gasteiger partial charge in [0.05, 0.1) is 29.0 Å². The molecule has 0 spiro atoms. The molecule has 5 aromatic rings. The number of imidazole rings is 1. The van der Waals surface area contributed by atoms with Gasteiger partial charge in [-0.05, 0) is 43.8 Å². The highest BCUT2D eigenvalue weighted by Crippen LogP contribution is 2.38. The van der Waals surface area contributed by atoms with Crippen molar-refractivity contribution in [2.45, 2.75) is 12.8 Å². The summed E-state index contributed by atoms with van der Waals surface area (Å²) in [7, 11) is 2.11. The highest BCUT2D eigenvalue weighted by molar-refractivity contribution is 5.87. The van der Waals surface area contributed by atoms with Gasteiger partial charge in [-0.1, -0.05) is 30.3 Å². The minimum absolute atomic E-state index is 0.219. The zero-order valence-corrected chi connectivity index (χ0v) is 19.1. The zero-order chi connectivity index (χ0) is 23.2. The van der Waals surface area contributed by atoms with Gasteiger partial charge in [0.25, 0.3) is 0 Å². The first kappa shape index (κ1) is 20.5. The van der Waals surface area contributed by atoms with E-state index in [1.807, 2.05) is 60.1 Å². The van der Waals surface area contributed by atoms with Crippen LogP contribution in [0.25, 0.3) is 39.3 Å². The van der Waals surface area contributed by atoms with Crippen LogP contribution < -0.4 is 0 Å². The zero-order valence-electron chi connectivity index (χ0n) is 19.1. The van der Waals surface area contributed by atoms with Gasteiger partial charge in [0.1, 0.15) is 5.75 Å². The Morgan fingerprint density at radius 1 is 0.882 bits per heavy atom. The summed E-state index contributed by atoms with van der Waals surface area (Å²) in [5, 5.41) is 19.7. The van der Waals surface area contributed by atoms with Crippen LogP contribution in [-0.2, 0) is 0 Å². The van der Waals surface area contributed by atoms with Crippen molar-refractivity contribution in [2.75, 3.05) is 20.1 Å². The van der Waals surface area contributed by atoms with Gasteiger partial charge in [0.2, 0.25) is 0 Å². The molecule has 168 valence electrons. The van der Waals surface area contributed by atoms with Crippen molar-refractivity contribution >= 4 is 5.65 Å². The normalized spacial score (nSPS) is 14.4. The molecule has 1 fully saturated rings. The Morgan fingerprint density at radius 2 is 1.74 bits per heavy atom. The van der Waals surface area contributed by atoms with Crippen LogP contribution in [0.4, 0.5) is 0 Å². The van der Waals surface area contributed by atoms with Gasteiger partial charge in [-0.3, -0.25) is 4.98 Å². The molecule has 0 saturated carbocycles. The Morgan fingerprint density at radius 3 is 2.50 bits per heavy atom. The van der Waals surface area contributed by atoms with Gasteiger partial charge in [-0.25, -0.2) is 4.98 Å². The maximum absolute atomic E-state index is 10.7. The van der Waals surface area contributed by atoms with Gasteiger partial charge in [-0.2, -0.15) is 10.2 Å². The molecule has 1 aliphatic rings. The fraction of sp³-hybridized carbons (Fsp3) is 0.185. The topological polar surface area (TPSA) is 79.4 Å². The number of aryl methyl sites for hydroxylation is 1. The van der Waals surface area contributed by atoms with E-state index in [4.69, 9.17) is 0 Å². The van der Waals surface area contributed by atoms with Crippen LogP contribution in [-0.4, -0.2) is 54.7 Å². The lowest BCUT2D eigenvalue weighted by atomic mass is 9.93. The Labute approximate surface area is 197 Å². The average Bonchev–Trinajstić information content (AvgIpc) is 3.21. The number of nitrogens with zero attached hydrogens (tertiary/aromatic N) is 6. The highest BCUT2D eigenvalue weighted by atomic mass is 16.3. The Balaban J connectivity index is 1.45. The molecule has 0 atom stereocenters. The Kier molecular flexibility index (Phi) is 4.85. The van der Waals surface area contributed by atoms with Gasteiger partial charge in [0, 0.05) is 48.1 Å². The number of phenols is 1. The van der Waals surface area contributed by atoms with E-state index in [0.717, 1.165) is 63.8 Å². The third-order valence-electron chi connectivity index (χ3n) is 6.41. The summed E-state index contributed by atoms with van der Waals surface area (Å²) in [5.41, 5.74) is 7.85. The summed E-state index contributed by atoms with van der Waals surface area (Å²) in [5.74, 6) is 0.663. The second-order valence-electron chi connectivity index (χ2n) is 8.96. The van der Waals surface area contributed by atoms with Gasteiger partial charge in [0.15, 0.2) is 5.65 Å². The molecule has 1 saturated heterocycles. The summed E-state index contributed by atoms with van der Waals surface area (Å²) >= 11 is 0. The first-order valence-corrected chi connectivity index (χ1v) is 11.3.